The summed E-state index contributed by atoms with van der Waals surface area (Å²) in [5.41, 5.74) is 1.25. The summed E-state index contributed by atoms with van der Waals surface area (Å²) >= 11 is 3.41. The Hall–Kier alpha value is -2.54. The maximum atomic E-state index is 12.6. The van der Waals surface area contributed by atoms with Gasteiger partial charge in [-0.15, -0.1) is 0 Å². The summed E-state index contributed by atoms with van der Waals surface area (Å²) in [6, 6.07) is 9.24. The van der Waals surface area contributed by atoms with E-state index in [2.05, 4.69) is 26.2 Å². The molecular formula is C18H19BrN4O2. The van der Waals surface area contributed by atoms with E-state index >= 15 is 0 Å². The number of carbonyl (C=O) groups is 1. The number of benzene rings is 1. The van der Waals surface area contributed by atoms with E-state index in [1.165, 1.54) is 0 Å². The second kappa shape index (κ2) is 8.02. The Labute approximate surface area is 154 Å². The smallest absolute Gasteiger partial charge is 0.272 e. The molecule has 25 heavy (non-hydrogen) atoms. The molecule has 0 bridgehead atoms. The van der Waals surface area contributed by atoms with Gasteiger partial charge in [-0.25, -0.2) is 4.98 Å². The molecule has 2 aromatic heterocycles. The van der Waals surface area contributed by atoms with Gasteiger partial charge < -0.3 is 19.2 Å². The highest BCUT2D eigenvalue weighted by Crippen LogP contribution is 2.25. The lowest BCUT2D eigenvalue weighted by Crippen LogP contribution is -2.17. The van der Waals surface area contributed by atoms with Crippen LogP contribution in [0.3, 0.4) is 0 Å². The summed E-state index contributed by atoms with van der Waals surface area (Å²) in [5.74, 6) is 0.475. The van der Waals surface area contributed by atoms with Gasteiger partial charge in [0.15, 0.2) is 0 Å². The van der Waals surface area contributed by atoms with Crippen molar-refractivity contribution in [3.63, 3.8) is 0 Å². The molecule has 0 aliphatic carbocycles. The lowest BCUT2D eigenvalue weighted by atomic mass is 10.2. The predicted molar refractivity (Wildman–Crippen MR) is 99.9 cm³/mol. The topological polar surface area (TPSA) is 61.1 Å². The number of imidazole rings is 1. The van der Waals surface area contributed by atoms with Gasteiger partial charge in [-0.2, -0.15) is 0 Å². The summed E-state index contributed by atoms with van der Waals surface area (Å²) in [6.07, 6.45) is 7.25. The maximum Gasteiger partial charge on any atom is 0.272 e. The van der Waals surface area contributed by atoms with E-state index < -0.39 is 0 Å². The van der Waals surface area contributed by atoms with Gasteiger partial charge in [0.05, 0.1) is 18.6 Å². The van der Waals surface area contributed by atoms with Gasteiger partial charge >= 0.3 is 0 Å². The van der Waals surface area contributed by atoms with E-state index in [4.69, 9.17) is 4.74 Å². The zero-order valence-corrected chi connectivity index (χ0v) is 15.4. The average molecular weight is 403 g/mol. The summed E-state index contributed by atoms with van der Waals surface area (Å²) in [5, 5.41) is 2.93. The Balaban J connectivity index is 1.68. The second-order valence-electron chi connectivity index (χ2n) is 5.43. The molecule has 7 heteroatoms. The Morgan fingerprint density at radius 1 is 1.36 bits per heavy atom. The third-order valence-electron chi connectivity index (χ3n) is 3.74. The minimum absolute atomic E-state index is 0.168. The Bertz CT molecular complexity index is 843. The molecule has 0 saturated carbocycles. The van der Waals surface area contributed by atoms with Gasteiger partial charge in [0.25, 0.3) is 5.91 Å². The number of nitrogens with zero attached hydrogens (tertiary/aromatic N) is 3. The first-order valence-corrected chi connectivity index (χ1v) is 8.81. The van der Waals surface area contributed by atoms with Crippen LogP contribution in [0.1, 0.15) is 17.4 Å². The van der Waals surface area contributed by atoms with Crippen molar-refractivity contribution in [2.24, 2.45) is 0 Å². The zero-order valence-electron chi connectivity index (χ0n) is 13.9. The summed E-state index contributed by atoms with van der Waals surface area (Å²) < 4.78 is 10.5. The number of rotatable bonds is 7. The van der Waals surface area contributed by atoms with Crippen molar-refractivity contribution < 1.29 is 9.53 Å². The van der Waals surface area contributed by atoms with E-state index in [1.807, 2.05) is 52.7 Å². The monoisotopic (exact) mass is 402 g/mol. The fourth-order valence-corrected chi connectivity index (χ4v) is 2.95. The molecule has 130 valence electrons. The molecule has 0 saturated heterocycles. The maximum absolute atomic E-state index is 12.6. The van der Waals surface area contributed by atoms with Crippen molar-refractivity contribution in [1.82, 2.24) is 14.1 Å². The van der Waals surface area contributed by atoms with Crippen LogP contribution in [0.4, 0.5) is 5.69 Å². The number of nitrogens with one attached hydrogen (secondary N) is 1. The number of amides is 1. The van der Waals surface area contributed by atoms with Crippen molar-refractivity contribution in [1.29, 1.82) is 0 Å². The van der Waals surface area contributed by atoms with Crippen LogP contribution in [0.5, 0.6) is 5.75 Å². The van der Waals surface area contributed by atoms with Crippen molar-refractivity contribution in [3.05, 3.63) is 65.4 Å². The first-order valence-electron chi connectivity index (χ1n) is 8.02. The van der Waals surface area contributed by atoms with Crippen molar-refractivity contribution in [3.8, 4) is 5.75 Å². The van der Waals surface area contributed by atoms with Gasteiger partial charge in [0.2, 0.25) is 0 Å². The lowest BCUT2D eigenvalue weighted by Gasteiger charge is -2.13. The minimum Gasteiger partial charge on any atom is -0.490 e. The standard InChI is InChI=1S/C18H19BrN4O2/c1-2-23-12-14(19)11-16(23)18(24)21-15-5-3-4-6-17(15)25-10-9-22-8-7-20-13-22/h3-8,11-13H,2,9-10H2,1H3,(H,21,24). The number of aryl methyl sites for hydroxylation is 1. The summed E-state index contributed by atoms with van der Waals surface area (Å²) in [4.78, 5) is 16.6. The number of hydrogen-bond acceptors (Lipinski definition) is 3. The minimum atomic E-state index is -0.168. The number of carbonyl (C=O) groups excluding carboxylic acids is 1. The van der Waals surface area contributed by atoms with Gasteiger partial charge in [0.1, 0.15) is 18.1 Å². The Morgan fingerprint density at radius 3 is 2.96 bits per heavy atom. The van der Waals surface area contributed by atoms with E-state index in [0.717, 1.165) is 11.0 Å². The fraction of sp³-hybridized carbons (Fsp3) is 0.222. The molecule has 1 aromatic carbocycles. The van der Waals surface area contributed by atoms with Crippen LogP contribution in [0, 0.1) is 0 Å². The normalized spacial score (nSPS) is 10.6. The van der Waals surface area contributed by atoms with E-state index in [-0.39, 0.29) is 5.91 Å². The van der Waals surface area contributed by atoms with Crippen LogP contribution in [-0.2, 0) is 13.1 Å². The predicted octanol–water partition coefficient (Wildman–Crippen LogP) is 3.80. The molecule has 0 spiro atoms. The van der Waals surface area contributed by atoms with Gasteiger partial charge in [-0.05, 0) is 41.1 Å². The third-order valence-corrected chi connectivity index (χ3v) is 4.17. The quantitative estimate of drug-likeness (QED) is 0.653. The molecule has 0 radical (unpaired) electrons. The Kier molecular flexibility index (Phi) is 5.55. The lowest BCUT2D eigenvalue weighted by molar-refractivity contribution is 0.101. The van der Waals surface area contributed by atoms with Crippen LogP contribution >= 0.6 is 15.9 Å². The molecule has 0 aliphatic heterocycles. The molecule has 3 aromatic rings. The molecule has 3 rings (SSSR count). The molecule has 0 unspecified atom stereocenters. The van der Waals surface area contributed by atoms with E-state index in [0.29, 0.717) is 30.3 Å². The number of ether oxygens (including phenoxy) is 1. The number of halogens is 1. The summed E-state index contributed by atoms with van der Waals surface area (Å²) in [7, 11) is 0. The van der Waals surface area contributed by atoms with Crippen molar-refractivity contribution in [2.45, 2.75) is 20.0 Å². The zero-order chi connectivity index (χ0) is 17.6. The van der Waals surface area contributed by atoms with Gasteiger partial charge in [-0.3, -0.25) is 4.79 Å². The average Bonchev–Trinajstić information content (AvgIpc) is 3.25. The highest BCUT2D eigenvalue weighted by Gasteiger charge is 2.14. The van der Waals surface area contributed by atoms with Crippen LogP contribution < -0.4 is 10.1 Å². The highest BCUT2D eigenvalue weighted by atomic mass is 79.9. The number of anilines is 1. The largest absolute Gasteiger partial charge is 0.490 e. The second-order valence-corrected chi connectivity index (χ2v) is 6.34. The fourth-order valence-electron chi connectivity index (χ4n) is 2.49. The van der Waals surface area contributed by atoms with Gasteiger partial charge in [-0.1, -0.05) is 12.1 Å². The Morgan fingerprint density at radius 2 is 2.20 bits per heavy atom. The molecule has 0 aliphatic rings. The third kappa shape index (κ3) is 4.30. The molecule has 1 N–H and O–H groups in total. The van der Waals surface area contributed by atoms with E-state index in [9.17, 15) is 4.79 Å². The van der Waals surface area contributed by atoms with Crippen molar-refractivity contribution >= 4 is 27.5 Å². The first-order chi connectivity index (χ1) is 12.2. The molecule has 0 fully saturated rings. The summed E-state index contributed by atoms with van der Waals surface area (Å²) in [6.45, 7) is 3.89. The number of para-hydroxylation sites is 2. The highest BCUT2D eigenvalue weighted by molar-refractivity contribution is 9.10. The molecular weight excluding hydrogens is 384 g/mol. The van der Waals surface area contributed by atoms with Crippen LogP contribution in [0.25, 0.3) is 0 Å². The SMILES string of the molecule is CCn1cc(Br)cc1C(=O)Nc1ccccc1OCCn1ccnc1. The molecule has 1 amide bonds. The van der Waals surface area contributed by atoms with Crippen molar-refractivity contribution in [2.75, 3.05) is 11.9 Å². The van der Waals surface area contributed by atoms with Crippen LogP contribution in [-0.4, -0.2) is 26.6 Å². The molecule has 6 nitrogen and oxygen atoms in total. The molecule has 0 atom stereocenters. The van der Waals surface area contributed by atoms with Crippen LogP contribution in [0.15, 0.2) is 59.7 Å². The number of aromatic nitrogens is 3. The van der Waals surface area contributed by atoms with Crippen LogP contribution in [0.2, 0.25) is 0 Å². The number of hydrogen-bond donors (Lipinski definition) is 1. The van der Waals surface area contributed by atoms with Gasteiger partial charge in [0, 0.05) is 29.6 Å². The molecule has 2 heterocycles. The first kappa shape index (κ1) is 17.3. The van der Waals surface area contributed by atoms with E-state index in [1.54, 1.807) is 18.6 Å².